The summed E-state index contributed by atoms with van der Waals surface area (Å²) in [7, 11) is 0. The van der Waals surface area contributed by atoms with Crippen molar-refractivity contribution >= 4 is 35.3 Å². The number of morpholine rings is 1. The van der Waals surface area contributed by atoms with Crippen LogP contribution >= 0.6 is 0 Å². The van der Waals surface area contributed by atoms with E-state index < -0.39 is 0 Å². The van der Waals surface area contributed by atoms with E-state index in [2.05, 4.69) is 32.7 Å². The molecule has 2 fully saturated rings. The van der Waals surface area contributed by atoms with Gasteiger partial charge >= 0.3 is 0 Å². The zero-order chi connectivity index (χ0) is 23.5. The number of nitrogens with zero attached hydrogens (tertiary/aromatic N) is 3. The van der Waals surface area contributed by atoms with E-state index in [9.17, 15) is 4.79 Å². The molecule has 1 aliphatic carbocycles. The predicted octanol–water partition coefficient (Wildman–Crippen LogP) is 4.18. The Hall–Kier alpha value is -3.72. The van der Waals surface area contributed by atoms with Gasteiger partial charge in [-0.05, 0) is 49.1 Å². The number of pyridine rings is 1. The van der Waals surface area contributed by atoms with Crippen LogP contribution in [-0.2, 0) is 9.53 Å². The minimum absolute atomic E-state index is 0.0951. The highest BCUT2D eigenvalue weighted by Crippen LogP contribution is 2.34. The number of aromatic nitrogens is 3. The second kappa shape index (κ2) is 9.64. The van der Waals surface area contributed by atoms with Crippen molar-refractivity contribution in [3.63, 3.8) is 0 Å². The number of ether oxygens (including phenoxy) is 1. The molecule has 1 aromatic carbocycles. The molecule has 34 heavy (non-hydrogen) atoms. The van der Waals surface area contributed by atoms with Gasteiger partial charge in [0.2, 0.25) is 5.91 Å². The Balaban J connectivity index is 1.50. The first kappa shape index (κ1) is 22.1. The van der Waals surface area contributed by atoms with Crippen LogP contribution in [0, 0.1) is 11.3 Å². The maximum absolute atomic E-state index is 12.3. The van der Waals surface area contributed by atoms with Gasteiger partial charge in [-0.3, -0.25) is 9.89 Å². The summed E-state index contributed by atoms with van der Waals surface area (Å²) in [6.07, 6.45) is 6.05. The molecule has 176 valence electrons. The van der Waals surface area contributed by atoms with Crippen LogP contribution in [0.1, 0.15) is 31.7 Å². The molecule has 0 bridgehead atoms. The molecule has 4 N–H and O–H groups in total. The van der Waals surface area contributed by atoms with Crippen molar-refractivity contribution in [1.82, 2.24) is 15.2 Å². The number of H-pyrrole nitrogens is 1. The van der Waals surface area contributed by atoms with Crippen molar-refractivity contribution in [3.8, 4) is 11.1 Å². The quantitative estimate of drug-likeness (QED) is 0.394. The van der Waals surface area contributed by atoms with Crippen molar-refractivity contribution < 1.29 is 9.53 Å². The van der Waals surface area contributed by atoms with Crippen molar-refractivity contribution in [2.75, 3.05) is 35.3 Å². The molecule has 1 aliphatic heterocycles. The maximum atomic E-state index is 12.3. The molecule has 0 unspecified atom stereocenters. The second-order valence-corrected chi connectivity index (χ2v) is 8.84. The third-order valence-corrected chi connectivity index (χ3v) is 6.54. The van der Waals surface area contributed by atoms with Gasteiger partial charge in [-0.15, -0.1) is 0 Å². The summed E-state index contributed by atoms with van der Waals surface area (Å²) in [5.74, 6) is 2.33. The molecule has 2 aromatic heterocycles. The number of rotatable bonds is 7. The number of hydrogen-bond acceptors (Lipinski definition) is 7. The monoisotopic (exact) mass is 459 g/mol. The molecule has 2 aliphatic rings. The van der Waals surface area contributed by atoms with Crippen molar-refractivity contribution in [3.05, 3.63) is 48.2 Å². The number of aromatic amines is 1. The number of anilines is 4. The lowest BCUT2D eigenvalue weighted by atomic mass is 9.85. The van der Waals surface area contributed by atoms with Gasteiger partial charge in [0.05, 0.1) is 25.5 Å². The van der Waals surface area contributed by atoms with Crippen molar-refractivity contribution in [2.45, 2.75) is 32.2 Å². The molecular formula is C25H29N7O2. The molecule has 1 saturated heterocycles. The largest absolute Gasteiger partial charge is 0.377 e. The summed E-state index contributed by atoms with van der Waals surface area (Å²) >= 11 is 0. The van der Waals surface area contributed by atoms with E-state index in [1.54, 1.807) is 6.20 Å². The van der Waals surface area contributed by atoms with E-state index in [-0.39, 0.29) is 17.9 Å². The van der Waals surface area contributed by atoms with E-state index in [0.717, 1.165) is 48.4 Å². The fourth-order valence-corrected chi connectivity index (χ4v) is 4.34. The molecule has 0 radical (unpaired) electrons. The molecule has 0 spiro atoms. The van der Waals surface area contributed by atoms with E-state index in [4.69, 9.17) is 15.1 Å². The van der Waals surface area contributed by atoms with Gasteiger partial charge in [-0.2, -0.15) is 5.10 Å². The Kier molecular flexibility index (Phi) is 6.27. The summed E-state index contributed by atoms with van der Waals surface area (Å²) in [6, 6.07) is 11.8. The van der Waals surface area contributed by atoms with E-state index in [1.807, 2.05) is 36.4 Å². The first-order valence-electron chi connectivity index (χ1n) is 11.7. The van der Waals surface area contributed by atoms with Gasteiger partial charge in [0, 0.05) is 36.0 Å². The summed E-state index contributed by atoms with van der Waals surface area (Å²) < 4.78 is 5.61. The van der Waals surface area contributed by atoms with Gasteiger partial charge in [0.25, 0.3) is 0 Å². The lowest BCUT2D eigenvalue weighted by Crippen LogP contribution is -2.44. The Bertz CT molecular complexity index is 1160. The lowest BCUT2D eigenvalue weighted by Gasteiger charge is -2.35. The molecule has 1 atom stereocenters. The van der Waals surface area contributed by atoms with Gasteiger partial charge in [0.15, 0.2) is 0 Å². The molecule has 1 amide bonds. The topological polar surface area (TPSA) is 119 Å². The average molecular weight is 460 g/mol. The fraction of sp³-hybridized carbons (Fsp3) is 0.360. The molecule has 9 nitrogen and oxygen atoms in total. The first-order chi connectivity index (χ1) is 16.6. The van der Waals surface area contributed by atoms with Crippen LogP contribution < -0.4 is 15.5 Å². The van der Waals surface area contributed by atoms with Gasteiger partial charge in [-0.1, -0.05) is 18.6 Å². The number of carbonyl (C=O) groups excluding carboxylic acids is 1. The van der Waals surface area contributed by atoms with Crippen LogP contribution in [0.2, 0.25) is 0 Å². The Morgan fingerprint density at radius 1 is 1.26 bits per heavy atom. The summed E-state index contributed by atoms with van der Waals surface area (Å²) in [5, 5.41) is 21.3. The minimum Gasteiger partial charge on any atom is -0.377 e. The summed E-state index contributed by atoms with van der Waals surface area (Å²) in [5.41, 5.74) is 3.28. The smallest absolute Gasteiger partial charge is 0.227 e. The van der Waals surface area contributed by atoms with Crippen LogP contribution in [0.3, 0.4) is 0 Å². The lowest BCUT2D eigenvalue weighted by molar-refractivity contribution is -0.122. The standard InChI is InChI=1S/C25H29N7O2/c1-16-15-34-12-11-32(16)23-13-20(21(14-26)24(30-23)29-22-9-10-27-31-22)17-5-7-19(8-6-17)28-25(33)18-3-2-4-18/h5-10,13-14,16,18,26H,2-4,11-12,15H2,1H3,(H,28,33)(H2,27,29,30,31)/t16-/m1/s1. The van der Waals surface area contributed by atoms with Crippen LogP contribution in [0.4, 0.5) is 23.1 Å². The van der Waals surface area contributed by atoms with Gasteiger partial charge in [0.1, 0.15) is 17.5 Å². The van der Waals surface area contributed by atoms with E-state index in [0.29, 0.717) is 30.4 Å². The third-order valence-electron chi connectivity index (χ3n) is 6.54. The van der Waals surface area contributed by atoms with Crippen LogP contribution in [0.25, 0.3) is 11.1 Å². The molecule has 5 rings (SSSR count). The average Bonchev–Trinajstić information content (AvgIpc) is 3.31. The Morgan fingerprint density at radius 2 is 2.09 bits per heavy atom. The number of carbonyl (C=O) groups is 1. The van der Waals surface area contributed by atoms with Crippen molar-refractivity contribution in [2.24, 2.45) is 5.92 Å². The highest BCUT2D eigenvalue weighted by Gasteiger charge is 2.26. The maximum Gasteiger partial charge on any atom is 0.227 e. The normalized spacial score (nSPS) is 18.3. The Morgan fingerprint density at radius 3 is 2.74 bits per heavy atom. The first-order valence-corrected chi connectivity index (χ1v) is 11.7. The van der Waals surface area contributed by atoms with E-state index >= 15 is 0 Å². The molecule has 3 aromatic rings. The second-order valence-electron chi connectivity index (χ2n) is 8.84. The minimum atomic E-state index is 0.0951. The van der Waals surface area contributed by atoms with Crippen LogP contribution in [0.15, 0.2) is 42.6 Å². The van der Waals surface area contributed by atoms with Crippen LogP contribution in [0.5, 0.6) is 0 Å². The molecule has 3 heterocycles. The van der Waals surface area contributed by atoms with E-state index in [1.165, 1.54) is 6.21 Å². The highest BCUT2D eigenvalue weighted by atomic mass is 16.5. The summed E-state index contributed by atoms with van der Waals surface area (Å²) in [4.78, 5) is 19.4. The predicted molar refractivity (Wildman–Crippen MR) is 133 cm³/mol. The van der Waals surface area contributed by atoms with Crippen LogP contribution in [-0.4, -0.2) is 53.1 Å². The molecular weight excluding hydrogens is 430 g/mol. The third kappa shape index (κ3) is 4.51. The van der Waals surface area contributed by atoms with Gasteiger partial charge in [-0.25, -0.2) is 4.98 Å². The fourth-order valence-electron chi connectivity index (χ4n) is 4.34. The number of amides is 1. The summed E-state index contributed by atoms with van der Waals surface area (Å²) in [6.45, 7) is 4.15. The number of nitrogens with one attached hydrogen (secondary N) is 4. The zero-order valence-corrected chi connectivity index (χ0v) is 19.2. The molecule has 1 saturated carbocycles. The van der Waals surface area contributed by atoms with Gasteiger partial charge < -0.3 is 25.7 Å². The number of benzene rings is 1. The Labute approximate surface area is 198 Å². The molecule has 9 heteroatoms. The van der Waals surface area contributed by atoms with Crippen molar-refractivity contribution in [1.29, 1.82) is 5.41 Å². The number of hydrogen-bond donors (Lipinski definition) is 4. The highest BCUT2D eigenvalue weighted by molar-refractivity contribution is 5.97. The SMILES string of the molecule is C[C@@H]1COCCN1c1cc(-c2ccc(NC(=O)C3CCC3)cc2)c(C=N)c(Nc2ccn[nH]2)n1. The zero-order valence-electron chi connectivity index (χ0n) is 19.2.